The zero-order valence-corrected chi connectivity index (χ0v) is 17.4. The van der Waals surface area contributed by atoms with Gasteiger partial charge in [-0.2, -0.15) is 0 Å². The maximum atomic E-state index is 12.7. The number of amides is 1. The fourth-order valence-electron chi connectivity index (χ4n) is 3.61. The van der Waals surface area contributed by atoms with Gasteiger partial charge in [-0.05, 0) is 25.8 Å². The van der Waals surface area contributed by atoms with E-state index in [-0.39, 0.29) is 36.5 Å². The number of hydrogen-bond donors (Lipinski definition) is 4. The quantitative estimate of drug-likeness (QED) is 0.586. The van der Waals surface area contributed by atoms with Crippen molar-refractivity contribution in [2.45, 2.75) is 38.5 Å². The van der Waals surface area contributed by atoms with Crippen molar-refractivity contribution >= 4 is 46.9 Å². The second-order valence-corrected chi connectivity index (χ2v) is 8.23. The van der Waals surface area contributed by atoms with E-state index in [0.717, 1.165) is 34.7 Å². The van der Waals surface area contributed by atoms with Crippen LogP contribution >= 0.6 is 24.2 Å². The van der Waals surface area contributed by atoms with E-state index in [4.69, 9.17) is 0 Å². The van der Waals surface area contributed by atoms with Crippen molar-refractivity contribution in [3.63, 3.8) is 0 Å². The van der Waals surface area contributed by atoms with Gasteiger partial charge in [-0.15, -0.1) is 24.2 Å². The summed E-state index contributed by atoms with van der Waals surface area (Å²) in [6.07, 6.45) is 5.66. The molecule has 4 heterocycles. The highest BCUT2D eigenvalue weighted by molar-refractivity contribution is 8.04. The molecule has 2 aliphatic rings. The number of aromatic nitrogens is 3. The molecule has 1 fully saturated rings. The van der Waals surface area contributed by atoms with Gasteiger partial charge in [-0.1, -0.05) is 0 Å². The maximum absolute atomic E-state index is 12.7. The maximum Gasteiger partial charge on any atom is 0.259 e. The number of thioether (sulfide) groups is 1. The fourth-order valence-corrected chi connectivity index (χ4v) is 4.51. The summed E-state index contributed by atoms with van der Waals surface area (Å²) in [7, 11) is 0. The predicted molar refractivity (Wildman–Crippen MR) is 114 cm³/mol. The number of aromatic amines is 1. The number of H-pyrrole nitrogens is 1. The minimum absolute atomic E-state index is 0. The number of carbonyl (C=O) groups excluding carboxylic acids is 1. The fraction of sp³-hybridized carbons (Fsp3) is 0.500. The Morgan fingerprint density at radius 3 is 3.04 bits per heavy atom. The molecule has 0 saturated carbocycles. The SMILES string of the molecule is Cc1c[nH]c2ncnc(N3C=C(C(=O)NC(C)[C@H]4C[C@@H](O)CN4)SCC3)c12.Cl. The normalized spacial score (nSPS) is 23.2. The Balaban J connectivity index is 0.00000225. The Kier molecular flexibility index (Phi) is 6.49. The lowest BCUT2D eigenvalue weighted by atomic mass is 10.1. The van der Waals surface area contributed by atoms with Crippen LogP contribution in [0.15, 0.2) is 23.6 Å². The molecule has 2 aromatic rings. The Bertz CT molecular complexity index is 888. The third-order valence-electron chi connectivity index (χ3n) is 5.11. The first-order valence-electron chi connectivity index (χ1n) is 9.15. The van der Waals surface area contributed by atoms with Crippen LogP contribution in [0.5, 0.6) is 0 Å². The number of hydrogen-bond acceptors (Lipinski definition) is 7. The lowest BCUT2D eigenvalue weighted by Crippen LogP contribution is -2.46. The van der Waals surface area contributed by atoms with Crippen LogP contribution in [0.3, 0.4) is 0 Å². The third kappa shape index (κ3) is 4.12. The second kappa shape index (κ2) is 8.69. The van der Waals surface area contributed by atoms with E-state index in [1.54, 1.807) is 18.1 Å². The number of aryl methyl sites for hydroxylation is 1. The van der Waals surface area contributed by atoms with Gasteiger partial charge in [0.1, 0.15) is 17.8 Å². The van der Waals surface area contributed by atoms with Crippen molar-refractivity contribution in [1.82, 2.24) is 25.6 Å². The summed E-state index contributed by atoms with van der Waals surface area (Å²) in [5.41, 5.74) is 1.88. The third-order valence-corrected chi connectivity index (χ3v) is 6.10. The van der Waals surface area contributed by atoms with Gasteiger partial charge in [0.15, 0.2) is 0 Å². The zero-order valence-electron chi connectivity index (χ0n) is 15.8. The molecule has 10 heteroatoms. The number of halogens is 1. The first kappa shape index (κ1) is 20.9. The van der Waals surface area contributed by atoms with E-state index >= 15 is 0 Å². The number of carbonyl (C=O) groups is 1. The van der Waals surface area contributed by atoms with E-state index < -0.39 is 0 Å². The highest BCUT2D eigenvalue weighted by Gasteiger charge is 2.29. The van der Waals surface area contributed by atoms with Gasteiger partial charge in [0.25, 0.3) is 5.91 Å². The lowest BCUT2D eigenvalue weighted by molar-refractivity contribution is -0.117. The van der Waals surface area contributed by atoms with Gasteiger partial charge in [0, 0.05) is 43.3 Å². The van der Waals surface area contributed by atoms with E-state index in [1.807, 2.05) is 31.1 Å². The Labute approximate surface area is 174 Å². The number of aliphatic hydroxyl groups excluding tert-OH is 1. The van der Waals surface area contributed by atoms with Crippen molar-refractivity contribution < 1.29 is 9.90 Å². The van der Waals surface area contributed by atoms with Gasteiger partial charge >= 0.3 is 0 Å². The second-order valence-electron chi connectivity index (χ2n) is 7.09. The molecule has 0 bridgehead atoms. The molecule has 28 heavy (non-hydrogen) atoms. The zero-order chi connectivity index (χ0) is 19.0. The Hall–Kier alpha value is -1.81. The molecule has 8 nitrogen and oxygen atoms in total. The van der Waals surface area contributed by atoms with Crippen LogP contribution in [-0.4, -0.2) is 63.0 Å². The highest BCUT2D eigenvalue weighted by atomic mass is 35.5. The predicted octanol–water partition coefficient (Wildman–Crippen LogP) is 1.31. The molecule has 1 saturated heterocycles. The van der Waals surface area contributed by atoms with Gasteiger partial charge in [-0.25, -0.2) is 9.97 Å². The van der Waals surface area contributed by atoms with Crippen LogP contribution in [0.2, 0.25) is 0 Å². The number of fused-ring (bicyclic) bond motifs is 1. The van der Waals surface area contributed by atoms with Crippen molar-refractivity contribution in [2.75, 3.05) is 23.7 Å². The van der Waals surface area contributed by atoms with Gasteiger partial charge in [0.2, 0.25) is 0 Å². The number of rotatable bonds is 4. The van der Waals surface area contributed by atoms with Crippen LogP contribution in [0.1, 0.15) is 18.9 Å². The van der Waals surface area contributed by atoms with Crippen LogP contribution in [-0.2, 0) is 4.79 Å². The average molecular weight is 425 g/mol. The van der Waals surface area contributed by atoms with E-state index in [2.05, 4.69) is 25.6 Å². The van der Waals surface area contributed by atoms with Crippen molar-refractivity contribution in [3.8, 4) is 0 Å². The highest BCUT2D eigenvalue weighted by Crippen LogP contribution is 2.30. The Morgan fingerprint density at radius 1 is 1.46 bits per heavy atom. The first-order chi connectivity index (χ1) is 13.0. The molecule has 4 N–H and O–H groups in total. The summed E-state index contributed by atoms with van der Waals surface area (Å²) in [4.78, 5) is 27.3. The molecule has 152 valence electrons. The topological polar surface area (TPSA) is 106 Å². The van der Waals surface area contributed by atoms with E-state index in [1.165, 1.54) is 0 Å². The molecule has 2 aromatic heterocycles. The molecule has 3 atom stereocenters. The summed E-state index contributed by atoms with van der Waals surface area (Å²) >= 11 is 1.55. The van der Waals surface area contributed by atoms with Crippen molar-refractivity contribution in [2.24, 2.45) is 0 Å². The van der Waals surface area contributed by atoms with Crippen molar-refractivity contribution in [1.29, 1.82) is 0 Å². The molecular weight excluding hydrogens is 400 g/mol. The van der Waals surface area contributed by atoms with Gasteiger partial charge in [-0.3, -0.25) is 4.79 Å². The van der Waals surface area contributed by atoms with Crippen LogP contribution in [0.4, 0.5) is 5.82 Å². The monoisotopic (exact) mass is 424 g/mol. The summed E-state index contributed by atoms with van der Waals surface area (Å²) in [6, 6.07) is 0.0439. The molecule has 4 rings (SSSR count). The lowest BCUT2D eigenvalue weighted by Gasteiger charge is -2.27. The summed E-state index contributed by atoms with van der Waals surface area (Å²) in [5.74, 6) is 1.54. The molecule has 0 radical (unpaired) electrons. The van der Waals surface area contributed by atoms with Gasteiger partial charge in [0.05, 0.1) is 16.4 Å². The number of β-amino-alcohol motifs (C(OH)–C–C–N with tert-alkyl or cyclic N) is 1. The number of anilines is 1. The smallest absolute Gasteiger partial charge is 0.259 e. The molecule has 1 unspecified atom stereocenters. The van der Waals surface area contributed by atoms with Crippen LogP contribution < -0.4 is 15.5 Å². The number of nitrogens with one attached hydrogen (secondary N) is 3. The molecule has 0 aromatic carbocycles. The standard InChI is InChI=1S/C18H24N6O2S.ClH/c1-10-6-20-16-15(10)17(22-9-21-16)24-3-4-27-14(8-24)18(26)23-11(2)13-5-12(25)7-19-13;/h6,8-9,11-13,19,25H,3-5,7H2,1-2H3,(H,23,26)(H,20,21,22);1H/t11?,12-,13-;/m1./s1. The molecule has 0 spiro atoms. The van der Waals surface area contributed by atoms with Crippen LogP contribution in [0, 0.1) is 6.92 Å². The minimum atomic E-state index is -0.335. The molecule has 1 amide bonds. The largest absolute Gasteiger partial charge is 0.392 e. The van der Waals surface area contributed by atoms with Gasteiger partial charge < -0.3 is 25.6 Å². The molecular formula is C18H25ClN6O2S. The molecule has 0 aliphatic carbocycles. The summed E-state index contributed by atoms with van der Waals surface area (Å²) < 4.78 is 0. The minimum Gasteiger partial charge on any atom is -0.392 e. The summed E-state index contributed by atoms with van der Waals surface area (Å²) in [6.45, 7) is 5.35. The summed E-state index contributed by atoms with van der Waals surface area (Å²) in [5, 5.41) is 17.0. The van der Waals surface area contributed by atoms with Crippen LogP contribution in [0.25, 0.3) is 11.0 Å². The Morgan fingerprint density at radius 2 is 2.29 bits per heavy atom. The number of aliphatic hydroxyl groups is 1. The first-order valence-corrected chi connectivity index (χ1v) is 10.1. The van der Waals surface area contributed by atoms with E-state index in [9.17, 15) is 9.90 Å². The number of nitrogens with zero attached hydrogens (tertiary/aromatic N) is 3. The molecule has 2 aliphatic heterocycles. The van der Waals surface area contributed by atoms with E-state index in [0.29, 0.717) is 17.9 Å². The van der Waals surface area contributed by atoms with Crippen molar-refractivity contribution in [3.05, 3.63) is 29.2 Å². The average Bonchev–Trinajstić information content (AvgIpc) is 3.28.